The Morgan fingerprint density at radius 1 is 1.22 bits per heavy atom. The molecule has 1 N–H and O–H groups in total. The number of nitrogens with one attached hydrogen (secondary N) is 1. The Kier molecular flexibility index (Phi) is 5.93. The third kappa shape index (κ3) is 4.20. The Hall–Kier alpha value is -2.14. The fourth-order valence-electron chi connectivity index (χ4n) is 2.13. The Labute approximate surface area is 141 Å². The van der Waals surface area contributed by atoms with Gasteiger partial charge in [0.15, 0.2) is 0 Å². The first kappa shape index (κ1) is 17.2. The van der Waals surface area contributed by atoms with Gasteiger partial charge in [-0.15, -0.1) is 0 Å². The van der Waals surface area contributed by atoms with Gasteiger partial charge < -0.3 is 14.8 Å². The van der Waals surface area contributed by atoms with E-state index < -0.39 is 0 Å². The number of aryl methyl sites for hydroxylation is 1. The van der Waals surface area contributed by atoms with Crippen LogP contribution in [0.2, 0.25) is 0 Å². The first-order chi connectivity index (χ1) is 11.1. The molecule has 5 heteroatoms. The SMILES string of the molecule is CCOC(=O)c1c(NC)cc(OC)cc1Sc1ccc(C)cc1. The van der Waals surface area contributed by atoms with Crippen LogP contribution in [0, 0.1) is 6.92 Å². The Balaban J connectivity index is 2.49. The molecule has 0 bridgehead atoms. The van der Waals surface area contributed by atoms with Gasteiger partial charge in [0.05, 0.1) is 25.0 Å². The standard InChI is InChI=1S/C18H21NO3S/c1-5-22-18(20)17-15(19-3)10-13(21-4)11-16(17)23-14-8-6-12(2)7-9-14/h6-11,19H,5H2,1-4H3. The zero-order valence-electron chi connectivity index (χ0n) is 13.8. The van der Waals surface area contributed by atoms with Gasteiger partial charge in [0.2, 0.25) is 0 Å². The van der Waals surface area contributed by atoms with Gasteiger partial charge in [-0.2, -0.15) is 0 Å². The molecule has 122 valence electrons. The number of esters is 1. The molecule has 0 spiro atoms. The van der Waals surface area contributed by atoms with E-state index in [2.05, 4.69) is 5.32 Å². The molecule has 0 saturated heterocycles. The first-order valence-electron chi connectivity index (χ1n) is 7.40. The van der Waals surface area contributed by atoms with Crippen LogP contribution < -0.4 is 10.1 Å². The molecule has 0 aromatic heterocycles. The van der Waals surface area contributed by atoms with E-state index in [-0.39, 0.29) is 5.97 Å². The summed E-state index contributed by atoms with van der Waals surface area (Å²) in [7, 11) is 3.39. The Morgan fingerprint density at radius 3 is 2.48 bits per heavy atom. The van der Waals surface area contributed by atoms with Crippen LogP contribution in [0.5, 0.6) is 5.75 Å². The van der Waals surface area contributed by atoms with Gasteiger partial charge in [0.1, 0.15) is 5.75 Å². The molecule has 2 rings (SSSR count). The highest BCUT2D eigenvalue weighted by Crippen LogP contribution is 2.37. The van der Waals surface area contributed by atoms with Crippen LogP contribution in [0.3, 0.4) is 0 Å². The smallest absolute Gasteiger partial charge is 0.341 e. The number of carbonyl (C=O) groups excluding carboxylic acids is 1. The summed E-state index contributed by atoms with van der Waals surface area (Å²) in [6.45, 7) is 4.18. The molecule has 23 heavy (non-hydrogen) atoms. The van der Waals surface area contributed by atoms with Crippen LogP contribution in [0.4, 0.5) is 5.69 Å². The lowest BCUT2D eigenvalue weighted by molar-refractivity contribution is 0.0523. The maximum absolute atomic E-state index is 12.4. The second kappa shape index (κ2) is 7.92. The maximum atomic E-state index is 12.4. The Bertz CT molecular complexity index is 683. The summed E-state index contributed by atoms with van der Waals surface area (Å²) in [6, 6.07) is 11.8. The molecule has 0 heterocycles. The van der Waals surface area contributed by atoms with Gasteiger partial charge in [-0.05, 0) is 32.0 Å². The monoisotopic (exact) mass is 331 g/mol. The number of hydrogen-bond acceptors (Lipinski definition) is 5. The highest BCUT2D eigenvalue weighted by Gasteiger charge is 2.20. The predicted octanol–water partition coefficient (Wildman–Crippen LogP) is 4.37. The van der Waals surface area contributed by atoms with E-state index >= 15 is 0 Å². The van der Waals surface area contributed by atoms with Crippen molar-refractivity contribution in [3.63, 3.8) is 0 Å². The molecule has 0 aliphatic carbocycles. The number of ether oxygens (including phenoxy) is 2. The fourth-order valence-corrected chi connectivity index (χ4v) is 3.13. The highest BCUT2D eigenvalue weighted by atomic mass is 32.2. The summed E-state index contributed by atoms with van der Waals surface area (Å²) in [5.41, 5.74) is 2.42. The molecule has 0 saturated carbocycles. The summed E-state index contributed by atoms with van der Waals surface area (Å²) in [5, 5.41) is 3.05. The summed E-state index contributed by atoms with van der Waals surface area (Å²) >= 11 is 1.52. The third-order valence-electron chi connectivity index (χ3n) is 3.31. The fraction of sp³-hybridized carbons (Fsp3) is 0.278. The molecule has 2 aromatic carbocycles. The minimum absolute atomic E-state index is 0.336. The zero-order chi connectivity index (χ0) is 16.8. The largest absolute Gasteiger partial charge is 0.497 e. The van der Waals surface area contributed by atoms with Crippen LogP contribution >= 0.6 is 11.8 Å². The minimum atomic E-state index is -0.339. The molecule has 0 fully saturated rings. The van der Waals surface area contributed by atoms with Crippen molar-refractivity contribution >= 4 is 23.4 Å². The van der Waals surface area contributed by atoms with E-state index in [0.717, 1.165) is 9.79 Å². The molecule has 0 atom stereocenters. The van der Waals surface area contributed by atoms with Crippen molar-refractivity contribution < 1.29 is 14.3 Å². The quantitative estimate of drug-likeness (QED) is 0.796. The molecule has 4 nitrogen and oxygen atoms in total. The van der Waals surface area contributed by atoms with E-state index in [1.54, 1.807) is 27.1 Å². The van der Waals surface area contributed by atoms with Crippen molar-refractivity contribution in [2.75, 3.05) is 26.1 Å². The van der Waals surface area contributed by atoms with Crippen molar-refractivity contribution in [2.24, 2.45) is 0 Å². The summed E-state index contributed by atoms with van der Waals surface area (Å²) < 4.78 is 10.6. The molecule has 0 radical (unpaired) electrons. The van der Waals surface area contributed by atoms with E-state index in [4.69, 9.17) is 9.47 Å². The van der Waals surface area contributed by atoms with Crippen LogP contribution in [0.1, 0.15) is 22.8 Å². The van der Waals surface area contributed by atoms with Crippen LogP contribution in [0.25, 0.3) is 0 Å². The number of rotatable bonds is 6. The lowest BCUT2D eigenvalue weighted by Gasteiger charge is -2.15. The van der Waals surface area contributed by atoms with Gasteiger partial charge in [-0.3, -0.25) is 0 Å². The molecular weight excluding hydrogens is 310 g/mol. The van der Waals surface area contributed by atoms with E-state index in [9.17, 15) is 4.79 Å². The number of benzene rings is 2. The van der Waals surface area contributed by atoms with Crippen molar-refractivity contribution in [2.45, 2.75) is 23.6 Å². The maximum Gasteiger partial charge on any atom is 0.341 e. The van der Waals surface area contributed by atoms with Gasteiger partial charge in [0.25, 0.3) is 0 Å². The number of hydrogen-bond donors (Lipinski definition) is 1. The van der Waals surface area contributed by atoms with Gasteiger partial charge in [-0.1, -0.05) is 29.5 Å². The third-order valence-corrected chi connectivity index (χ3v) is 4.36. The molecule has 2 aromatic rings. The van der Waals surface area contributed by atoms with E-state index in [1.165, 1.54) is 17.3 Å². The Morgan fingerprint density at radius 2 is 1.91 bits per heavy atom. The number of carbonyl (C=O) groups is 1. The normalized spacial score (nSPS) is 10.3. The minimum Gasteiger partial charge on any atom is -0.497 e. The second-order valence-corrected chi connectivity index (χ2v) is 6.05. The van der Waals surface area contributed by atoms with E-state index in [0.29, 0.717) is 23.6 Å². The highest BCUT2D eigenvalue weighted by molar-refractivity contribution is 7.99. The van der Waals surface area contributed by atoms with Crippen LogP contribution in [-0.4, -0.2) is 26.7 Å². The summed E-state index contributed by atoms with van der Waals surface area (Å²) in [5.74, 6) is 0.353. The average Bonchev–Trinajstić information content (AvgIpc) is 2.56. The van der Waals surface area contributed by atoms with Gasteiger partial charge >= 0.3 is 5.97 Å². The van der Waals surface area contributed by atoms with Crippen LogP contribution in [-0.2, 0) is 4.74 Å². The zero-order valence-corrected chi connectivity index (χ0v) is 14.6. The second-order valence-electron chi connectivity index (χ2n) is 4.93. The average molecular weight is 331 g/mol. The topological polar surface area (TPSA) is 47.6 Å². The van der Waals surface area contributed by atoms with Crippen molar-refractivity contribution in [1.82, 2.24) is 0 Å². The first-order valence-corrected chi connectivity index (χ1v) is 8.22. The molecular formula is C18H21NO3S. The van der Waals surface area contributed by atoms with Crippen molar-refractivity contribution in [3.8, 4) is 5.75 Å². The molecule has 0 aliphatic rings. The molecule has 0 aliphatic heterocycles. The lowest BCUT2D eigenvalue weighted by atomic mass is 10.1. The van der Waals surface area contributed by atoms with Crippen molar-refractivity contribution in [3.05, 3.63) is 47.5 Å². The lowest BCUT2D eigenvalue weighted by Crippen LogP contribution is -2.10. The summed E-state index contributed by atoms with van der Waals surface area (Å²) in [4.78, 5) is 14.2. The number of anilines is 1. The van der Waals surface area contributed by atoms with Crippen LogP contribution in [0.15, 0.2) is 46.2 Å². The van der Waals surface area contributed by atoms with E-state index in [1.807, 2.05) is 37.3 Å². The molecule has 0 unspecified atom stereocenters. The van der Waals surface area contributed by atoms with Gasteiger partial charge in [-0.25, -0.2) is 4.79 Å². The van der Waals surface area contributed by atoms with Crippen molar-refractivity contribution in [1.29, 1.82) is 0 Å². The molecule has 0 amide bonds. The van der Waals surface area contributed by atoms with Gasteiger partial charge in [0, 0.05) is 22.9 Å². The predicted molar refractivity (Wildman–Crippen MR) is 93.8 cm³/mol. The summed E-state index contributed by atoms with van der Waals surface area (Å²) in [6.07, 6.45) is 0. The number of methoxy groups -OCH3 is 1.